The van der Waals surface area contributed by atoms with Gasteiger partial charge >= 0.3 is 0 Å². The van der Waals surface area contributed by atoms with E-state index in [0.29, 0.717) is 0 Å². The quantitative estimate of drug-likeness (QED) is 0.184. The first kappa shape index (κ1) is 29.5. The molecule has 0 N–H and O–H groups in total. The van der Waals surface area contributed by atoms with Crippen molar-refractivity contribution in [1.29, 1.82) is 0 Å². The lowest BCUT2D eigenvalue weighted by molar-refractivity contribution is 0.660. The fourth-order valence-electron chi connectivity index (χ4n) is 8.36. The molecule has 0 spiro atoms. The van der Waals surface area contributed by atoms with Gasteiger partial charge in [-0.1, -0.05) is 147 Å². The van der Waals surface area contributed by atoms with Crippen LogP contribution in [0.2, 0.25) is 0 Å². The lowest BCUT2D eigenvalue weighted by Gasteiger charge is -2.30. The number of rotatable bonds is 5. The third kappa shape index (κ3) is 4.57. The Hall–Kier alpha value is -6.38. The van der Waals surface area contributed by atoms with Gasteiger partial charge in [-0.2, -0.15) is 0 Å². The largest absolute Gasteiger partial charge is 0.455 e. The molecule has 0 fully saturated rings. The molecule has 0 amide bonds. The maximum absolute atomic E-state index is 6.91. The van der Waals surface area contributed by atoms with Crippen molar-refractivity contribution < 1.29 is 4.42 Å². The van der Waals surface area contributed by atoms with Crippen LogP contribution >= 0.6 is 0 Å². The molecule has 1 aliphatic rings. The number of fused-ring (bicyclic) bond motifs is 8. The van der Waals surface area contributed by atoms with Crippen molar-refractivity contribution in [2.45, 2.75) is 19.3 Å². The van der Waals surface area contributed by atoms with Gasteiger partial charge in [0.15, 0.2) is 0 Å². The molecule has 0 aliphatic heterocycles. The molecule has 8 aromatic carbocycles. The summed E-state index contributed by atoms with van der Waals surface area (Å²) in [7, 11) is 0. The third-order valence-corrected chi connectivity index (χ3v) is 10.9. The van der Waals surface area contributed by atoms with Crippen LogP contribution in [0.4, 0.5) is 17.1 Å². The van der Waals surface area contributed by atoms with Gasteiger partial charge in [0.05, 0.1) is 5.69 Å². The molecular formula is C49H35NO. The predicted molar refractivity (Wildman–Crippen MR) is 214 cm³/mol. The summed E-state index contributed by atoms with van der Waals surface area (Å²) in [6.45, 7) is 4.70. The molecule has 1 aromatic heterocycles. The molecule has 0 saturated heterocycles. The van der Waals surface area contributed by atoms with E-state index >= 15 is 0 Å². The first-order valence-electron chi connectivity index (χ1n) is 17.7. The van der Waals surface area contributed by atoms with Gasteiger partial charge in [0.1, 0.15) is 11.2 Å². The van der Waals surface area contributed by atoms with Crippen molar-refractivity contribution >= 4 is 49.8 Å². The predicted octanol–water partition coefficient (Wildman–Crippen LogP) is 13.8. The van der Waals surface area contributed by atoms with Gasteiger partial charge in [-0.05, 0) is 92.2 Å². The van der Waals surface area contributed by atoms with Crippen molar-refractivity contribution in [1.82, 2.24) is 0 Å². The first-order chi connectivity index (χ1) is 25.1. The normalized spacial score (nSPS) is 13.1. The van der Waals surface area contributed by atoms with Crippen molar-refractivity contribution in [2.24, 2.45) is 0 Å². The maximum Gasteiger partial charge on any atom is 0.145 e. The Kier molecular flexibility index (Phi) is 6.56. The molecule has 0 unspecified atom stereocenters. The van der Waals surface area contributed by atoms with E-state index in [4.69, 9.17) is 4.42 Å². The second kappa shape index (κ2) is 11.3. The summed E-state index contributed by atoms with van der Waals surface area (Å²) >= 11 is 0. The summed E-state index contributed by atoms with van der Waals surface area (Å²) in [6.07, 6.45) is 0. The van der Waals surface area contributed by atoms with E-state index in [2.05, 4.69) is 195 Å². The minimum Gasteiger partial charge on any atom is -0.455 e. The molecule has 0 radical (unpaired) electrons. The highest BCUT2D eigenvalue weighted by Crippen LogP contribution is 2.52. The Bertz CT molecular complexity index is 2760. The number of benzene rings is 8. The van der Waals surface area contributed by atoms with E-state index in [9.17, 15) is 0 Å². The van der Waals surface area contributed by atoms with Gasteiger partial charge in [-0.25, -0.2) is 0 Å². The van der Waals surface area contributed by atoms with Gasteiger partial charge in [-0.3, -0.25) is 0 Å². The van der Waals surface area contributed by atoms with E-state index in [1.807, 2.05) is 0 Å². The molecular weight excluding hydrogens is 619 g/mol. The number of anilines is 3. The van der Waals surface area contributed by atoms with Crippen LogP contribution in [-0.4, -0.2) is 0 Å². The van der Waals surface area contributed by atoms with Crippen molar-refractivity contribution in [3.8, 4) is 33.4 Å². The Balaban J connectivity index is 1.25. The zero-order chi connectivity index (χ0) is 34.1. The van der Waals surface area contributed by atoms with Crippen molar-refractivity contribution in [3.63, 3.8) is 0 Å². The lowest BCUT2D eigenvalue weighted by Crippen LogP contribution is -2.17. The molecule has 1 heterocycles. The average molecular weight is 654 g/mol. The van der Waals surface area contributed by atoms with Crippen LogP contribution in [0.5, 0.6) is 0 Å². The number of nitrogens with zero attached hydrogens (tertiary/aromatic N) is 1. The molecule has 0 atom stereocenters. The van der Waals surface area contributed by atoms with Crippen LogP contribution in [0, 0.1) is 0 Å². The molecule has 9 aromatic rings. The third-order valence-electron chi connectivity index (χ3n) is 10.9. The van der Waals surface area contributed by atoms with Crippen LogP contribution in [-0.2, 0) is 5.41 Å². The second-order valence-electron chi connectivity index (χ2n) is 14.1. The number of hydrogen-bond donors (Lipinski definition) is 0. The topological polar surface area (TPSA) is 16.4 Å². The number of hydrogen-bond acceptors (Lipinski definition) is 2. The Labute approximate surface area is 297 Å². The van der Waals surface area contributed by atoms with Gasteiger partial charge in [0, 0.05) is 33.1 Å². The van der Waals surface area contributed by atoms with Crippen LogP contribution in [0.15, 0.2) is 180 Å². The second-order valence-corrected chi connectivity index (χ2v) is 14.1. The summed E-state index contributed by atoms with van der Waals surface area (Å²) in [4.78, 5) is 2.42. The fourth-order valence-corrected chi connectivity index (χ4v) is 8.36. The molecule has 1 aliphatic carbocycles. The zero-order valence-electron chi connectivity index (χ0n) is 28.6. The molecule has 10 rings (SSSR count). The SMILES string of the molecule is CC1(C)c2ccccc2-c2ccc(N(c3ccc(-c4ccccc4)cc3)c3ccc4c(oc5ccc6ccccc6c54)c3-c3ccccc3)cc21. The minimum absolute atomic E-state index is 0.128. The van der Waals surface area contributed by atoms with Gasteiger partial charge in [-0.15, -0.1) is 0 Å². The Morgan fingerprint density at radius 1 is 0.471 bits per heavy atom. The first-order valence-corrected chi connectivity index (χ1v) is 17.7. The zero-order valence-corrected chi connectivity index (χ0v) is 28.6. The number of furan rings is 1. The highest BCUT2D eigenvalue weighted by molar-refractivity contribution is 6.22. The molecule has 2 heteroatoms. The minimum atomic E-state index is -0.128. The van der Waals surface area contributed by atoms with Gasteiger partial charge < -0.3 is 9.32 Å². The van der Waals surface area contributed by atoms with Gasteiger partial charge in [0.25, 0.3) is 0 Å². The molecule has 51 heavy (non-hydrogen) atoms. The van der Waals surface area contributed by atoms with Crippen LogP contribution in [0.3, 0.4) is 0 Å². The molecule has 242 valence electrons. The highest BCUT2D eigenvalue weighted by atomic mass is 16.3. The van der Waals surface area contributed by atoms with E-state index in [-0.39, 0.29) is 5.41 Å². The highest BCUT2D eigenvalue weighted by Gasteiger charge is 2.36. The Morgan fingerprint density at radius 2 is 1.12 bits per heavy atom. The smallest absolute Gasteiger partial charge is 0.145 e. The summed E-state index contributed by atoms with van der Waals surface area (Å²) in [5, 5.41) is 4.69. The molecule has 0 bridgehead atoms. The van der Waals surface area contributed by atoms with Crippen LogP contribution in [0.1, 0.15) is 25.0 Å². The summed E-state index contributed by atoms with van der Waals surface area (Å²) in [5.74, 6) is 0. The van der Waals surface area contributed by atoms with Crippen LogP contribution in [0.25, 0.3) is 66.1 Å². The van der Waals surface area contributed by atoms with E-state index < -0.39 is 0 Å². The maximum atomic E-state index is 6.91. The lowest BCUT2D eigenvalue weighted by atomic mass is 9.82. The van der Waals surface area contributed by atoms with Crippen LogP contribution < -0.4 is 4.90 Å². The summed E-state index contributed by atoms with van der Waals surface area (Å²) in [5.41, 5.74) is 14.8. The Morgan fingerprint density at radius 3 is 1.92 bits per heavy atom. The van der Waals surface area contributed by atoms with E-state index in [1.165, 1.54) is 44.2 Å². The van der Waals surface area contributed by atoms with Crippen molar-refractivity contribution in [2.75, 3.05) is 4.90 Å². The summed E-state index contributed by atoms with van der Waals surface area (Å²) < 4.78 is 6.91. The fraction of sp³-hybridized carbons (Fsp3) is 0.0612. The molecule has 0 saturated carbocycles. The van der Waals surface area contributed by atoms with E-state index in [1.54, 1.807) is 0 Å². The van der Waals surface area contributed by atoms with Gasteiger partial charge in [0.2, 0.25) is 0 Å². The molecule has 2 nitrogen and oxygen atoms in total. The van der Waals surface area contributed by atoms with Crippen molar-refractivity contribution in [3.05, 3.63) is 187 Å². The van der Waals surface area contributed by atoms with E-state index in [0.717, 1.165) is 50.1 Å². The average Bonchev–Trinajstić information content (AvgIpc) is 3.68. The summed E-state index contributed by atoms with van der Waals surface area (Å²) in [6, 6.07) is 63.5. The standard InChI is InChI=1S/C49H35NO/c1-49(2)42-20-12-11-19-39(42)40-27-26-37(31-43(40)49)50(36-24-21-33(22-25-36)32-13-5-3-6-14-32)44-29-28-41-47-38-18-10-9-15-34(38)23-30-45(47)51-48(41)46(44)35-16-7-4-8-17-35/h3-31H,1-2H3. The monoisotopic (exact) mass is 653 g/mol.